The summed E-state index contributed by atoms with van der Waals surface area (Å²) in [4.78, 5) is 23.7. The maximum Gasteiger partial charge on any atom is 0.322 e. The molecule has 6 heteroatoms. The van der Waals surface area contributed by atoms with Crippen LogP contribution in [0.3, 0.4) is 0 Å². The van der Waals surface area contributed by atoms with Crippen molar-refractivity contribution in [3.63, 3.8) is 0 Å². The monoisotopic (exact) mass is 324 g/mol. The molecule has 0 heterocycles. The molecule has 2 rings (SSSR count). The van der Waals surface area contributed by atoms with Gasteiger partial charge in [-0.15, -0.1) is 0 Å². The maximum atomic E-state index is 11.8. The Labute approximate surface area is 138 Å². The highest BCUT2D eigenvalue weighted by atomic mass is 16.5. The summed E-state index contributed by atoms with van der Waals surface area (Å²) in [5.41, 5.74) is 0. The Morgan fingerprint density at radius 2 is 1.35 bits per heavy atom. The predicted molar refractivity (Wildman–Crippen MR) is 86.7 cm³/mol. The Morgan fingerprint density at radius 3 is 1.70 bits per heavy atom. The molecule has 0 aliphatic heterocycles. The van der Waals surface area contributed by atoms with Crippen molar-refractivity contribution in [3.05, 3.63) is 12.2 Å². The van der Waals surface area contributed by atoms with Crippen molar-refractivity contribution in [1.29, 1.82) is 0 Å². The largest absolute Gasteiger partial charge is 0.464 e. The second-order valence-electron chi connectivity index (χ2n) is 6.56. The number of fused-ring (bicyclic) bond motifs is 2. The minimum atomic E-state index is -0.308. The fourth-order valence-corrected chi connectivity index (χ4v) is 3.36. The Balaban J connectivity index is 1.88. The Hall–Kier alpha value is -1.40. The second-order valence-corrected chi connectivity index (χ2v) is 6.56. The predicted octanol–water partition coefficient (Wildman–Crippen LogP) is 0.727. The van der Waals surface area contributed by atoms with Crippen molar-refractivity contribution in [1.82, 2.24) is 10.6 Å². The van der Waals surface area contributed by atoms with Gasteiger partial charge in [-0.1, -0.05) is 12.2 Å². The molecule has 6 atom stereocenters. The molecule has 0 spiro atoms. The molecule has 0 unspecified atom stereocenters. The van der Waals surface area contributed by atoms with Gasteiger partial charge >= 0.3 is 11.9 Å². The van der Waals surface area contributed by atoms with E-state index >= 15 is 0 Å². The summed E-state index contributed by atoms with van der Waals surface area (Å²) in [6, 6.07) is -0.617. The van der Waals surface area contributed by atoms with E-state index in [-0.39, 0.29) is 35.9 Å². The molecule has 0 aromatic rings. The van der Waals surface area contributed by atoms with Gasteiger partial charge in [0.15, 0.2) is 0 Å². The highest BCUT2D eigenvalue weighted by Gasteiger charge is 2.45. The van der Waals surface area contributed by atoms with Gasteiger partial charge in [0, 0.05) is 11.8 Å². The molecular weight excluding hydrogens is 296 g/mol. The minimum Gasteiger partial charge on any atom is -0.464 e. The summed E-state index contributed by atoms with van der Waals surface area (Å²) in [6.45, 7) is 4.34. The van der Waals surface area contributed by atoms with Crippen LogP contribution in [0, 0.1) is 23.7 Å². The lowest BCUT2D eigenvalue weighted by molar-refractivity contribution is -0.151. The first kappa shape index (κ1) is 17.9. The van der Waals surface area contributed by atoms with Crippen molar-refractivity contribution >= 4 is 11.9 Å². The number of rotatable bonds is 8. The summed E-state index contributed by atoms with van der Waals surface area (Å²) in [5, 5.41) is 5.76. The second kappa shape index (κ2) is 7.93. The lowest BCUT2D eigenvalue weighted by Crippen LogP contribution is -2.37. The first-order valence-electron chi connectivity index (χ1n) is 8.34. The van der Waals surface area contributed by atoms with E-state index in [4.69, 9.17) is 9.47 Å². The minimum absolute atomic E-state index is 0.232. The number of ether oxygens (including phenoxy) is 2. The van der Waals surface area contributed by atoms with Gasteiger partial charge in [-0.25, -0.2) is 0 Å². The molecule has 0 aromatic carbocycles. The van der Waals surface area contributed by atoms with Crippen LogP contribution in [0.25, 0.3) is 0 Å². The molecule has 1 fully saturated rings. The molecule has 0 radical (unpaired) electrons. The number of carbonyl (C=O) groups excluding carboxylic acids is 2. The Morgan fingerprint density at radius 1 is 0.957 bits per heavy atom. The van der Waals surface area contributed by atoms with E-state index in [1.807, 2.05) is 0 Å². The average molecular weight is 324 g/mol. The van der Waals surface area contributed by atoms with Crippen molar-refractivity contribution in [2.45, 2.75) is 32.4 Å². The van der Waals surface area contributed by atoms with E-state index in [0.717, 1.165) is 6.42 Å². The number of esters is 2. The van der Waals surface area contributed by atoms with Crippen LogP contribution in [0.1, 0.15) is 20.3 Å². The normalized spacial score (nSPS) is 31.0. The fourth-order valence-electron chi connectivity index (χ4n) is 3.36. The number of hydrogen-bond donors (Lipinski definition) is 2. The van der Waals surface area contributed by atoms with Gasteiger partial charge in [-0.2, -0.15) is 0 Å². The molecule has 1 saturated carbocycles. The zero-order chi connectivity index (χ0) is 17.0. The van der Waals surface area contributed by atoms with Gasteiger partial charge in [-0.05, 0) is 46.2 Å². The van der Waals surface area contributed by atoms with Crippen molar-refractivity contribution in [2.75, 3.05) is 27.3 Å². The van der Waals surface area contributed by atoms with E-state index < -0.39 is 0 Å². The first-order valence-corrected chi connectivity index (χ1v) is 8.34. The molecule has 2 aliphatic rings. The van der Waals surface area contributed by atoms with E-state index in [9.17, 15) is 9.59 Å². The third kappa shape index (κ3) is 4.12. The molecule has 2 bridgehead atoms. The van der Waals surface area contributed by atoms with Crippen molar-refractivity contribution < 1.29 is 19.1 Å². The molecule has 0 aromatic heterocycles. The summed E-state index contributed by atoms with van der Waals surface area (Å²) in [5.74, 6) is 0.829. The molecule has 2 aliphatic carbocycles. The lowest BCUT2D eigenvalue weighted by atomic mass is 9.84. The molecule has 0 saturated heterocycles. The maximum absolute atomic E-state index is 11.8. The van der Waals surface area contributed by atoms with Crippen LogP contribution in [0.4, 0.5) is 0 Å². The molecule has 6 nitrogen and oxygen atoms in total. The van der Waals surface area contributed by atoms with E-state index in [2.05, 4.69) is 22.8 Å². The van der Waals surface area contributed by atoms with Crippen molar-refractivity contribution in [2.24, 2.45) is 23.7 Å². The van der Waals surface area contributed by atoms with Gasteiger partial charge in [0.25, 0.3) is 0 Å². The van der Waals surface area contributed by atoms with Crippen LogP contribution in [0.5, 0.6) is 0 Å². The van der Waals surface area contributed by atoms with E-state index in [1.54, 1.807) is 27.9 Å². The van der Waals surface area contributed by atoms with Crippen LogP contribution in [-0.4, -0.2) is 51.3 Å². The first-order chi connectivity index (χ1) is 11.0. The summed E-state index contributed by atoms with van der Waals surface area (Å²) >= 11 is 0. The molecular formula is C17H28N2O4. The number of nitrogens with one attached hydrogen (secondary N) is 2. The quantitative estimate of drug-likeness (QED) is 0.506. The molecule has 130 valence electrons. The topological polar surface area (TPSA) is 76.7 Å². The highest BCUT2D eigenvalue weighted by molar-refractivity contribution is 5.75. The number of hydrogen-bond acceptors (Lipinski definition) is 6. The van der Waals surface area contributed by atoms with Gasteiger partial charge < -0.3 is 20.1 Å². The third-order valence-corrected chi connectivity index (χ3v) is 5.21. The summed E-state index contributed by atoms with van der Waals surface area (Å²) < 4.78 is 10.9. The zero-order valence-corrected chi connectivity index (χ0v) is 14.4. The van der Waals surface area contributed by atoms with Gasteiger partial charge in [0.05, 0.1) is 13.2 Å². The van der Waals surface area contributed by atoms with Gasteiger partial charge in [0.2, 0.25) is 0 Å². The molecule has 2 N–H and O–H groups in total. The van der Waals surface area contributed by atoms with Crippen LogP contribution < -0.4 is 10.6 Å². The van der Waals surface area contributed by atoms with E-state index in [0.29, 0.717) is 25.0 Å². The lowest BCUT2D eigenvalue weighted by Gasteiger charge is -2.28. The number of likely N-dealkylation sites (N-methyl/N-ethyl adjacent to an activating group) is 2. The van der Waals surface area contributed by atoms with Crippen LogP contribution in [0.15, 0.2) is 12.2 Å². The van der Waals surface area contributed by atoms with E-state index in [1.165, 1.54) is 0 Å². The molecule has 0 amide bonds. The van der Waals surface area contributed by atoms with Gasteiger partial charge in [-0.3, -0.25) is 9.59 Å². The van der Waals surface area contributed by atoms with Gasteiger partial charge in [0.1, 0.15) is 12.1 Å². The number of allylic oxidation sites excluding steroid dienone is 2. The number of carbonyl (C=O) groups is 2. The van der Waals surface area contributed by atoms with Crippen LogP contribution in [0.2, 0.25) is 0 Å². The van der Waals surface area contributed by atoms with Crippen LogP contribution >= 0.6 is 0 Å². The SMILES string of the molecule is CN[C@@H](C)C(=O)OC[C@@H]1[C@H](COC(=O)[C@H](C)NC)[C@@H]2C=C[C@H]1C2. The Kier molecular flexibility index (Phi) is 6.18. The fraction of sp³-hybridized carbons (Fsp3) is 0.765. The zero-order valence-electron chi connectivity index (χ0n) is 14.4. The molecule has 23 heavy (non-hydrogen) atoms. The summed E-state index contributed by atoms with van der Waals surface area (Å²) in [7, 11) is 3.47. The Bertz CT molecular complexity index is 426. The van der Waals surface area contributed by atoms with Crippen LogP contribution in [-0.2, 0) is 19.1 Å². The van der Waals surface area contributed by atoms with Crippen molar-refractivity contribution in [3.8, 4) is 0 Å². The smallest absolute Gasteiger partial charge is 0.322 e. The standard InChI is InChI=1S/C17H28N2O4/c1-10(18-3)16(20)22-8-14-12-5-6-13(7-12)15(14)9-23-17(21)11(2)19-4/h5-6,10-15,18-19H,7-9H2,1-4H3/t10-,11-,12-,13+,14-,15+/m0/s1. The highest BCUT2D eigenvalue weighted by Crippen LogP contribution is 2.48. The average Bonchev–Trinajstić information content (AvgIpc) is 3.17. The third-order valence-electron chi connectivity index (χ3n) is 5.21. The summed E-state index contributed by atoms with van der Waals surface area (Å²) in [6.07, 6.45) is 5.48.